The van der Waals surface area contributed by atoms with Crippen molar-refractivity contribution in [1.82, 2.24) is 0 Å². The van der Waals surface area contributed by atoms with Gasteiger partial charge in [-0.1, -0.05) is 17.7 Å². The first-order valence-electron chi connectivity index (χ1n) is 9.90. The van der Waals surface area contributed by atoms with Gasteiger partial charge in [-0.25, -0.2) is 4.79 Å². The first-order chi connectivity index (χ1) is 12.1. The van der Waals surface area contributed by atoms with E-state index in [1.807, 2.05) is 0 Å². The number of hydrogen-bond donors (Lipinski definition) is 1. The number of carbonyl (C=O) groups excluding carboxylic acids is 1. The summed E-state index contributed by atoms with van der Waals surface area (Å²) in [6.07, 6.45) is 14.9. The number of carbonyl (C=O) groups is 1. The quantitative estimate of drug-likeness (QED) is 0.407. The Bertz CT molecular complexity index is 708. The van der Waals surface area contributed by atoms with Crippen LogP contribution in [0.15, 0.2) is 29.0 Å². The molecule has 1 heterocycles. The van der Waals surface area contributed by atoms with E-state index in [0.29, 0.717) is 11.8 Å². The van der Waals surface area contributed by atoms with Gasteiger partial charge in [0.15, 0.2) is 0 Å². The first kappa shape index (κ1) is 15.7. The van der Waals surface area contributed by atoms with Gasteiger partial charge in [0.1, 0.15) is 5.60 Å². The lowest BCUT2D eigenvalue weighted by Crippen LogP contribution is -2.52. The summed E-state index contributed by atoms with van der Waals surface area (Å²) in [7, 11) is 0. The second kappa shape index (κ2) is 5.21. The molecule has 1 N–H and O–H groups in total. The lowest BCUT2D eigenvalue weighted by molar-refractivity contribution is -0.161. The van der Waals surface area contributed by atoms with E-state index in [-0.39, 0.29) is 17.0 Å². The summed E-state index contributed by atoms with van der Waals surface area (Å²) in [5, 5.41) is 12.6. The van der Waals surface area contributed by atoms with Crippen molar-refractivity contribution in [1.29, 1.82) is 0 Å². The van der Waals surface area contributed by atoms with Crippen LogP contribution in [0, 0.1) is 29.1 Å². The molecule has 134 valence electrons. The van der Waals surface area contributed by atoms with Crippen LogP contribution in [0.4, 0.5) is 0 Å². The predicted molar refractivity (Wildman–Crippen MR) is 94.3 cm³/mol. The molecule has 1 aliphatic heterocycles. The van der Waals surface area contributed by atoms with Gasteiger partial charge in [0.25, 0.3) is 0 Å². The third kappa shape index (κ3) is 2.00. The number of rotatable bonds is 0. The third-order valence-corrected chi connectivity index (χ3v) is 8.40. The van der Waals surface area contributed by atoms with Gasteiger partial charge in [-0.2, -0.15) is 0 Å². The summed E-state index contributed by atoms with van der Waals surface area (Å²) >= 11 is 0. The Balaban J connectivity index is 1.45. The van der Waals surface area contributed by atoms with Crippen LogP contribution in [0.1, 0.15) is 58.3 Å². The molecule has 0 saturated heterocycles. The topological polar surface area (TPSA) is 58.9 Å². The summed E-state index contributed by atoms with van der Waals surface area (Å²) in [6, 6.07) is 0. The number of ether oxygens (including phenoxy) is 1. The standard InChI is InChI=1S/C21H27NO3/c1-20-9-6-16-15-5-3-14(22-24)12-13(15)2-4-17(16)18(20)7-10-21(20)11-8-19(23)25-21/h8,11-12,15-18,24H,2-7,9-10H2,1H3/t15-,16?,17?,18?,20-,21+/m0/s1. The number of nitrogens with zero attached hydrogens (tertiary/aromatic N) is 1. The Morgan fingerprint density at radius 3 is 2.80 bits per heavy atom. The van der Waals surface area contributed by atoms with Crippen LogP contribution >= 0.6 is 0 Å². The molecule has 4 nitrogen and oxygen atoms in total. The van der Waals surface area contributed by atoms with E-state index in [2.05, 4.69) is 24.2 Å². The zero-order valence-electron chi connectivity index (χ0n) is 14.9. The molecule has 0 aromatic carbocycles. The van der Waals surface area contributed by atoms with Crippen LogP contribution in [0.2, 0.25) is 0 Å². The van der Waals surface area contributed by atoms with Gasteiger partial charge in [-0.05, 0) is 87.2 Å². The molecule has 25 heavy (non-hydrogen) atoms. The lowest BCUT2D eigenvalue weighted by atomic mass is 9.50. The Hall–Kier alpha value is -1.58. The van der Waals surface area contributed by atoms with Crippen LogP contribution in [0.25, 0.3) is 0 Å². The van der Waals surface area contributed by atoms with Gasteiger partial charge in [0, 0.05) is 11.5 Å². The highest BCUT2D eigenvalue weighted by atomic mass is 16.6. The summed E-state index contributed by atoms with van der Waals surface area (Å²) in [5.74, 6) is 2.69. The molecule has 4 aliphatic carbocycles. The highest BCUT2D eigenvalue weighted by Gasteiger charge is 2.64. The molecular weight excluding hydrogens is 314 g/mol. The van der Waals surface area contributed by atoms with E-state index in [9.17, 15) is 4.79 Å². The maximum absolute atomic E-state index is 11.8. The molecule has 4 heteroatoms. The number of allylic oxidation sites excluding steroid dienone is 2. The number of esters is 1. The Morgan fingerprint density at radius 1 is 1.16 bits per heavy atom. The molecule has 3 unspecified atom stereocenters. The Kier molecular flexibility index (Phi) is 3.27. The monoisotopic (exact) mass is 341 g/mol. The predicted octanol–water partition coefficient (Wildman–Crippen LogP) is 4.24. The average molecular weight is 341 g/mol. The highest BCUT2D eigenvalue weighted by molar-refractivity contribution is 5.96. The minimum atomic E-state index is -0.334. The van der Waals surface area contributed by atoms with E-state index < -0.39 is 0 Å². The molecule has 0 radical (unpaired) electrons. The smallest absolute Gasteiger partial charge is 0.331 e. The molecule has 5 aliphatic rings. The molecule has 3 saturated carbocycles. The summed E-state index contributed by atoms with van der Waals surface area (Å²) in [4.78, 5) is 11.8. The fourth-order valence-electron chi connectivity index (χ4n) is 7.20. The first-order valence-corrected chi connectivity index (χ1v) is 9.90. The van der Waals surface area contributed by atoms with Gasteiger partial charge in [0.2, 0.25) is 0 Å². The SMILES string of the molecule is C[C@]12CCC3C(CCC4=CC(=NO)CC[C@@H]43)C1CC[C@@]21C=CC(=O)O1. The maximum Gasteiger partial charge on any atom is 0.331 e. The molecule has 0 aromatic heterocycles. The van der Waals surface area contributed by atoms with Crippen molar-refractivity contribution < 1.29 is 14.7 Å². The van der Waals surface area contributed by atoms with Crippen LogP contribution in [0.5, 0.6) is 0 Å². The molecule has 6 atom stereocenters. The normalized spacial score (nSPS) is 49.6. The molecule has 5 rings (SSSR count). The van der Waals surface area contributed by atoms with Crippen molar-refractivity contribution >= 4 is 11.7 Å². The van der Waals surface area contributed by atoms with E-state index in [1.54, 1.807) is 6.08 Å². The van der Waals surface area contributed by atoms with Crippen molar-refractivity contribution in [3.05, 3.63) is 23.8 Å². The number of oxime groups is 1. The Labute approximate surface area is 149 Å². The van der Waals surface area contributed by atoms with Gasteiger partial charge in [0.05, 0.1) is 5.71 Å². The van der Waals surface area contributed by atoms with Crippen molar-refractivity contribution in [2.45, 2.75) is 63.9 Å². The summed E-state index contributed by atoms with van der Waals surface area (Å²) in [6.45, 7) is 2.38. The van der Waals surface area contributed by atoms with Gasteiger partial charge in [-0.3, -0.25) is 0 Å². The van der Waals surface area contributed by atoms with Gasteiger partial charge < -0.3 is 9.94 Å². The highest BCUT2D eigenvalue weighted by Crippen LogP contribution is 2.66. The van der Waals surface area contributed by atoms with Gasteiger partial charge in [-0.15, -0.1) is 0 Å². The maximum atomic E-state index is 11.8. The fourth-order valence-corrected chi connectivity index (χ4v) is 7.20. The largest absolute Gasteiger partial charge is 0.451 e. The van der Waals surface area contributed by atoms with Crippen LogP contribution < -0.4 is 0 Å². The molecular formula is C21H27NO3. The molecule has 1 spiro atoms. The van der Waals surface area contributed by atoms with Crippen molar-refractivity contribution in [2.75, 3.05) is 0 Å². The Morgan fingerprint density at radius 2 is 2.04 bits per heavy atom. The molecule has 0 bridgehead atoms. The fraction of sp³-hybridized carbons (Fsp3) is 0.714. The molecule has 3 fully saturated rings. The zero-order valence-corrected chi connectivity index (χ0v) is 14.9. The van der Waals surface area contributed by atoms with Crippen LogP contribution in [-0.2, 0) is 9.53 Å². The van der Waals surface area contributed by atoms with Crippen molar-refractivity contribution in [2.24, 2.45) is 34.2 Å². The number of hydrogen-bond acceptors (Lipinski definition) is 4. The molecule has 0 amide bonds. The zero-order chi connectivity index (χ0) is 17.2. The lowest BCUT2D eigenvalue weighted by Gasteiger charge is -2.55. The summed E-state index contributed by atoms with van der Waals surface area (Å²) < 4.78 is 5.89. The third-order valence-electron chi connectivity index (χ3n) is 8.40. The minimum Gasteiger partial charge on any atom is -0.451 e. The van der Waals surface area contributed by atoms with Crippen LogP contribution in [-0.4, -0.2) is 22.5 Å². The van der Waals surface area contributed by atoms with Crippen molar-refractivity contribution in [3.8, 4) is 0 Å². The minimum absolute atomic E-state index is 0.102. The van der Waals surface area contributed by atoms with Gasteiger partial charge >= 0.3 is 5.97 Å². The summed E-state index contributed by atoms with van der Waals surface area (Å²) in [5.41, 5.74) is 2.14. The van der Waals surface area contributed by atoms with E-state index in [4.69, 9.17) is 9.94 Å². The second-order valence-corrected chi connectivity index (χ2v) is 9.07. The van der Waals surface area contributed by atoms with Crippen LogP contribution in [0.3, 0.4) is 0 Å². The molecule has 0 aromatic rings. The van der Waals surface area contributed by atoms with E-state index in [1.165, 1.54) is 24.8 Å². The second-order valence-electron chi connectivity index (χ2n) is 9.07. The number of fused-ring (bicyclic) bond motifs is 6. The average Bonchev–Trinajstić information content (AvgIpc) is 3.15. The van der Waals surface area contributed by atoms with E-state index in [0.717, 1.165) is 49.7 Å². The van der Waals surface area contributed by atoms with Crippen molar-refractivity contribution in [3.63, 3.8) is 0 Å². The van der Waals surface area contributed by atoms with E-state index >= 15 is 0 Å².